The van der Waals surface area contributed by atoms with E-state index in [9.17, 15) is 4.57 Å². The van der Waals surface area contributed by atoms with Crippen LogP contribution >= 0.6 is 18.7 Å². The highest BCUT2D eigenvalue weighted by Gasteiger charge is 2.35. The number of anilines is 1. The predicted molar refractivity (Wildman–Crippen MR) is 123 cm³/mol. The van der Waals surface area contributed by atoms with Crippen molar-refractivity contribution in [2.75, 3.05) is 25.1 Å². The quantitative estimate of drug-likeness (QED) is 0.444. The first kappa shape index (κ1) is 20.1. The summed E-state index contributed by atoms with van der Waals surface area (Å²) in [5, 5.41) is 2.52. The average Bonchev–Trinajstić information content (AvgIpc) is 2.79. The fourth-order valence-electron chi connectivity index (χ4n) is 4.08. The van der Waals surface area contributed by atoms with E-state index in [0.717, 1.165) is 53.3 Å². The fraction of sp³-hybridized carbons (Fsp3) is 0.250. The number of alkyl halides is 1. The van der Waals surface area contributed by atoms with Crippen molar-refractivity contribution in [1.82, 2.24) is 0 Å². The summed E-state index contributed by atoms with van der Waals surface area (Å²) in [6.45, 7) is 1.60. The Kier molecular flexibility index (Phi) is 5.99. The van der Waals surface area contributed by atoms with Gasteiger partial charge in [-0.05, 0) is 25.0 Å². The Morgan fingerprint density at radius 1 is 0.931 bits per heavy atom. The molecule has 1 fully saturated rings. The van der Waals surface area contributed by atoms with E-state index in [2.05, 4.69) is 4.90 Å². The number of rotatable bonds is 5. The van der Waals surface area contributed by atoms with Crippen LogP contribution in [0.2, 0.25) is 0 Å². The van der Waals surface area contributed by atoms with Gasteiger partial charge >= 0.3 is 0 Å². The maximum Gasteiger partial charge on any atom is 0.173 e. The number of hydrogen-bond acceptors (Lipinski definition) is 3. The van der Waals surface area contributed by atoms with Gasteiger partial charge in [-0.25, -0.2) is 0 Å². The molecule has 3 nitrogen and oxygen atoms in total. The fourth-order valence-corrected chi connectivity index (χ4v) is 7.28. The van der Waals surface area contributed by atoms with Gasteiger partial charge in [-0.2, -0.15) is 0 Å². The molecule has 1 aliphatic heterocycles. The van der Waals surface area contributed by atoms with Crippen molar-refractivity contribution in [3.05, 3.63) is 78.9 Å². The van der Waals surface area contributed by atoms with Gasteiger partial charge in [-0.1, -0.05) is 66.7 Å². The van der Waals surface area contributed by atoms with Gasteiger partial charge in [-0.15, -0.1) is 11.6 Å². The van der Waals surface area contributed by atoms with Gasteiger partial charge in [0, 0.05) is 29.0 Å². The molecule has 0 aliphatic carbocycles. The molecule has 0 spiro atoms. The number of para-hydroxylation sites is 1. The first-order chi connectivity index (χ1) is 14.1. The van der Waals surface area contributed by atoms with Crippen LogP contribution in [0.4, 0.5) is 5.69 Å². The Labute approximate surface area is 177 Å². The summed E-state index contributed by atoms with van der Waals surface area (Å²) in [6, 6.07) is 25.4. The molecular formula is C24H25ClNO2P. The minimum atomic E-state index is -3.11. The van der Waals surface area contributed by atoms with Gasteiger partial charge in [0.15, 0.2) is 7.14 Å². The second-order valence-corrected chi connectivity index (χ2v) is 10.6. The summed E-state index contributed by atoms with van der Waals surface area (Å²) >= 11 is 6.51. The Balaban J connectivity index is 1.98. The summed E-state index contributed by atoms with van der Waals surface area (Å²) in [7, 11) is -1.44. The van der Waals surface area contributed by atoms with Crippen LogP contribution in [0.1, 0.15) is 12.8 Å². The molecule has 1 heterocycles. The second-order valence-electron chi connectivity index (χ2n) is 7.29. The molecule has 3 aromatic carbocycles. The number of hydrogen-bond donors (Lipinski definition) is 0. The van der Waals surface area contributed by atoms with E-state index in [4.69, 9.17) is 16.3 Å². The Morgan fingerprint density at radius 2 is 1.55 bits per heavy atom. The maximum absolute atomic E-state index is 14.9. The van der Waals surface area contributed by atoms with Crippen LogP contribution in [-0.2, 0) is 4.57 Å². The van der Waals surface area contributed by atoms with Crippen molar-refractivity contribution < 1.29 is 9.30 Å². The molecule has 0 saturated carbocycles. The van der Waals surface area contributed by atoms with Crippen LogP contribution in [0.15, 0.2) is 78.9 Å². The van der Waals surface area contributed by atoms with E-state index in [1.165, 1.54) is 0 Å². The number of halogens is 1. The summed E-state index contributed by atoms with van der Waals surface area (Å²) in [5.74, 6) is 0.736. The van der Waals surface area contributed by atoms with Gasteiger partial charge < -0.3 is 14.2 Å². The minimum absolute atomic E-state index is 0.0781. The lowest BCUT2D eigenvalue weighted by Gasteiger charge is -2.35. The number of methoxy groups -OCH3 is 1. The highest BCUT2D eigenvalue weighted by atomic mass is 35.5. The lowest BCUT2D eigenvalue weighted by Crippen LogP contribution is -2.40. The van der Waals surface area contributed by atoms with Gasteiger partial charge in [0.25, 0.3) is 0 Å². The van der Waals surface area contributed by atoms with E-state index in [1.54, 1.807) is 7.11 Å². The molecule has 0 bridgehead atoms. The van der Waals surface area contributed by atoms with Gasteiger partial charge in [-0.3, -0.25) is 0 Å². The molecule has 0 unspecified atom stereocenters. The lowest BCUT2D eigenvalue weighted by atomic mass is 10.1. The lowest BCUT2D eigenvalue weighted by molar-refractivity contribution is 0.413. The molecule has 3 aromatic rings. The van der Waals surface area contributed by atoms with E-state index in [0.29, 0.717) is 0 Å². The summed E-state index contributed by atoms with van der Waals surface area (Å²) in [6.07, 6.45) is 2.00. The molecule has 4 rings (SSSR count). The Morgan fingerprint density at radius 3 is 2.10 bits per heavy atom. The van der Waals surface area contributed by atoms with Crippen molar-refractivity contribution in [1.29, 1.82) is 0 Å². The van der Waals surface area contributed by atoms with Crippen LogP contribution in [-0.4, -0.2) is 25.6 Å². The smallest absolute Gasteiger partial charge is 0.173 e. The molecule has 1 saturated heterocycles. The highest BCUT2D eigenvalue weighted by Crippen LogP contribution is 2.47. The van der Waals surface area contributed by atoms with Crippen molar-refractivity contribution in [2.45, 2.75) is 18.2 Å². The molecule has 0 amide bonds. The molecule has 0 N–H and O–H groups in total. The second kappa shape index (κ2) is 8.65. The molecule has 29 heavy (non-hydrogen) atoms. The third kappa shape index (κ3) is 3.82. The van der Waals surface area contributed by atoms with E-state index in [1.807, 2.05) is 78.9 Å². The van der Waals surface area contributed by atoms with Crippen molar-refractivity contribution >= 4 is 40.3 Å². The van der Waals surface area contributed by atoms with Crippen LogP contribution in [0.25, 0.3) is 0 Å². The third-order valence-electron chi connectivity index (χ3n) is 5.46. The first-order valence-corrected chi connectivity index (χ1v) is 12.1. The topological polar surface area (TPSA) is 29.5 Å². The summed E-state index contributed by atoms with van der Waals surface area (Å²) in [4.78, 5) is 2.24. The van der Waals surface area contributed by atoms with Crippen molar-refractivity contribution in [2.24, 2.45) is 0 Å². The maximum atomic E-state index is 14.9. The molecule has 0 radical (unpaired) electrons. The minimum Gasteiger partial charge on any atom is -0.495 e. The Hall–Kier alpha value is -2.22. The summed E-state index contributed by atoms with van der Waals surface area (Å²) < 4.78 is 20.7. The SMILES string of the molecule is COc1cccc(P(=O)(c2ccccc2)c2ccccc2)c1N1CCC[C@@H](Cl)C1. The molecular weight excluding hydrogens is 401 g/mol. The first-order valence-electron chi connectivity index (χ1n) is 9.92. The normalized spacial score (nSPS) is 17.2. The van der Waals surface area contributed by atoms with E-state index >= 15 is 0 Å². The number of ether oxygens (including phenoxy) is 1. The van der Waals surface area contributed by atoms with Crippen LogP contribution < -0.4 is 25.6 Å². The zero-order chi connectivity index (χ0) is 20.3. The van der Waals surface area contributed by atoms with Gasteiger partial charge in [0.1, 0.15) is 5.75 Å². The standard InChI is InChI=1S/C24H25ClNO2P/c1-28-22-15-8-16-23(24(22)26-17-9-10-19(25)18-26)29(27,20-11-4-2-5-12-20)21-13-6-3-7-14-21/h2-8,11-16,19H,9-10,17-18H2,1H3/t19-/m1/s1. The predicted octanol–water partition coefficient (Wildman–Crippen LogP) is 4.54. The van der Waals surface area contributed by atoms with E-state index < -0.39 is 7.14 Å². The van der Waals surface area contributed by atoms with Gasteiger partial charge in [0.2, 0.25) is 0 Å². The van der Waals surface area contributed by atoms with Gasteiger partial charge in [0.05, 0.1) is 18.2 Å². The largest absolute Gasteiger partial charge is 0.495 e. The van der Waals surface area contributed by atoms with Crippen LogP contribution in [0, 0.1) is 0 Å². The Bertz CT molecular complexity index is 966. The average molecular weight is 426 g/mol. The number of benzene rings is 3. The number of piperidine rings is 1. The zero-order valence-corrected chi connectivity index (χ0v) is 18.2. The number of nitrogens with zero attached hydrogens (tertiary/aromatic N) is 1. The monoisotopic (exact) mass is 425 g/mol. The molecule has 1 atom stereocenters. The summed E-state index contributed by atoms with van der Waals surface area (Å²) in [5.41, 5.74) is 0.899. The van der Waals surface area contributed by atoms with Crippen LogP contribution in [0.3, 0.4) is 0 Å². The molecule has 0 aromatic heterocycles. The molecule has 1 aliphatic rings. The zero-order valence-electron chi connectivity index (χ0n) is 16.5. The molecule has 150 valence electrons. The third-order valence-corrected chi connectivity index (χ3v) is 8.90. The van der Waals surface area contributed by atoms with Crippen molar-refractivity contribution in [3.63, 3.8) is 0 Å². The van der Waals surface area contributed by atoms with Crippen molar-refractivity contribution in [3.8, 4) is 5.75 Å². The van der Waals surface area contributed by atoms with Crippen LogP contribution in [0.5, 0.6) is 5.75 Å². The van der Waals surface area contributed by atoms with E-state index in [-0.39, 0.29) is 5.38 Å². The highest BCUT2D eigenvalue weighted by molar-refractivity contribution is 7.85. The molecule has 5 heteroatoms.